The van der Waals surface area contributed by atoms with Gasteiger partial charge in [0, 0.05) is 6.20 Å². The molecule has 4 heterocycles. The summed E-state index contributed by atoms with van der Waals surface area (Å²) in [7, 11) is 0. The van der Waals surface area contributed by atoms with E-state index in [1.54, 1.807) is 22.3 Å². The molecule has 27 heavy (non-hydrogen) atoms. The van der Waals surface area contributed by atoms with Gasteiger partial charge in [0.1, 0.15) is 17.9 Å². The average Bonchev–Trinajstić information content (AvgIpc) is 3.37. The van der Waals surface area contributed by atoms with E-state index in [0.717, 1.165) is 36.3 Å². The number of aromatic nitrogens is 5. The van der Waals surface area contributed by atoms with Crippen molar-refractivity contribution in [1.82, 2.24) is 24.6 Å². The Labute approximate surface area is 160 Å². The molecular formula is C17H21N7O2S. The van der Waals surface area contributed by atoms with E-state index in [0.29, 0.717) is 24.9 Å². The Bertz CT molecular complexity index is 896. The molecule has 0 spiro atoms. The first-order chi connectivity index (χ1) is 13.2. The lowest BCUT2D eigenvalue weighted by Crippen LogP contribution is -2.25. The van der Waals surface area contributed by atoms with Gasteiger partial charge in [-0.15, -0.1) is 0 Å². The van der Waals surface area contributed by atoms with E-state index in [-0.39, 0.29) is 12.1 Å². The molecule has 1 amide bonds. The van der Waals surface area contributed by atoms with E-state index in [4.69, 9.17) is 4.74 Å². The predicted octanol–water partition coefficient (Wildman–Crippen LogP) is 3.27. The number of carbonyl (C=O) groups is 1. The summed E-state index contributed by atoms with van der Waals surface area (Å²) >= 11 is 1.50. The van der Waals surface area contributed by atoms with E-state index in [9.17, 15) is 4.79 Å². The predicted molar refractivity (Wildman–Crippen MR) is 102 cm³/mol. The van der Waals surface area contributed by atoms with Crippen LogP contribution >= 0.6 is 11.3 Å². The van der Waals surface area contributed by atoms with Crippen molar-refractivity contribution >= 4 is 34.2 Å². The summed E-state index contributed by atoms with van der Waals surface area (Å²) in [6, 6.07) is 1.69. The Morgan fingerprint density at radius 3 is 3.07 bits per heavy atom. The number of amides is 1. The van der Waals surface area contributed by atoms with Gasteiger partial charge < -0.3 is 10.1 Å². The van der Waals surface area contributed by atoms with Crippen LogP contribution in [0.3, 0.4) is 0 Å². The highest BCUT2D eigenvalue weighted by atomic mass is 32.1. The average molecular weight is 387 g/mol. The van der Waals surface area contributed by atoms with Gasteiger partial charge in [-0.2, -0.15) is 10.1 Å². The zero-order valence-corrected chi connectivity index (χ0v) is 15.9. The SMILES string of the molecule is CCCCCC(Nc1nccc(N2CCOC2=O)n1)c1cn2ncsc2n1. The third kappa shape index (κ3) is 3.85. The summed E-state index contributed by atoms with van der Waals surface area (Å²) in [5.74, 6) is 1.01. The number of cyclic esters (lactones) is 1. The molecule has 3 aromatic heterocycles. The molecule has 1 aliphatic rings. The highest BCUT2D eigenvalue weighted by Crippen LogP contribution is 2.25. The lowest BCUT2D eigenvalue weighted by atomic mass is 10.1. The van der Waals surface area contributed by atoms with Crippen LogP contribution in [0.4, 0.5) is 16.6 Å². The number of fused-ring (bicyclic) bond motifs is 1. The van der Waals surface area contributed by atoms with Crippen LogP contribution in [-0.2, 0) is 4.74 Å². The molecule has 4 rings (SSSR count). The van der Waals surface area contributed by atoms with Crippen molar-refractivity contribution in [3.8, 4) is 0 Å². The molecule has 1 unspecified atom stereocenters. The number of imidazole rings is 1. The van der Waals surface area contributed by atoms with Crippen LogP contribution in [0, 0.1) is 0 Å². The second-order valence-electron chi connectivity index (χ2n) is 6.33. The van der Waals surface area contributed by atoms with Crippen LogP contribution in [0.1, 0.15) is 44.3 Å². The Morgan fingerprint density at radius 1 is 1.37 bits per heavy atom. The fourth-order valence-electron chi connectivity index (χ4n) is 3.04. The van der Waals surface area contributed by atoms with Crippen molar-refractivity contribution < 1.29 is 9.53 Å². The molecule has 0 bridgehead atoms. The number of nitrogens with one attached hydrogen (secondary N) is 1. The Balaban J connectivity index is 1.55. The van der Waals surface area contributed by atoms with Crippen LogP contribution in [0.25, 0.3) is 4.96 Å². The molecule has 1 saturated heterocycles. The van der Waals surface area contributed by atoms with Crippen LogP contribution in [0.2, 0.25) is 0 Å². The minimum absolute atomic E-state index is 0.0220. The van der Waals surface area contributed by atoms with Gasteiger partial charge in [0.15, 0.2) is 0 Å². The minimum Gasteiger partial charge on any atom is -0.447 e. The van der Waals surface area contributed by atoms with Crippen molar-refractivity contribution in [2.45, 2.75) is 38.6 Å². The van der Waals surface area contributed by atoms with Gasteiger partial charge >= 0.3 is 6.09 Å². The molecule has 1 aliphatic heterocycles. The van der Waals surface area contributed by atoms with Crippen molar-refractivity contribution in [3.05, 3.63) is 29.7 Å². The topological polar surface area (TPSA) is 97.5 Å². The number of ether oxygens (including phenoxy) is 1. The van der Waals surface area contributed by atoms with Crippen molar-refractivity contribution in [2.75, 3.05) is 23.4 Å². The molecule has 10 heteroatoms. The number of rotatable bonds is 8. The number of carbonyl (C=O) groups excluding carboxylic acids is 1. The number of unbranched alkanes of at least 4 members (excludes halogenated alkanes) is 2. The summed E-state index contributed by atoms with van der Waals surface area (Å²) in [5, 5.41) is 7.64. The third-order valence-corrected chi connectivity index (χ3v) is 5.13. The maximum atomic E-state index is 11.8. The maximum Gasteiger partial charge on any atom is 0.415 e. The number of anilines is 2. The molecule has 1 N–H and O–H groups in total. The fraction of sp³-hybridized carbons (Fsp3) is 0.471. The molecule has 0 saturated carbocycles. The molecule has 1 atom stereocenters. The normalized spacial score (nSPS) is 15.3. The van der Waals surface area contributed by atoms with Crippen LogP contribution in [0.5, 0.6) is 0 Å². The molecule has 142 valence electrons. The van der Waals surface area contributed by atoms with E-state index < -0.39 is 0 Å². The molecule has 9 nitrogen and oxygen atoms in total. The second kappa shape index (κ2) is 7.87. The van der Waals surface area contributed by atoms with Gasteiger partial charge in [-0.25, -0.2) is 19.3 Å². The van der Waals surface area contributed by atoms with Crippen molar-refractivity contribution in [1.29, 1.82) is 0 Å². The Hall–Kier alpha value is -2.75. The van der Waals surface area contributed by atoms with Crippen LogP contribution in [0.15, 0.2) is 24.0 Å². The first-order valence-electron chi connectivity index (χ1n) is 9.07. The summed E-state index contributed by atoms with van der Waals surface area (Å²) in [4.78, 5) is 27.6. The summed E-state index contributed by atoms with van der Waals surface area (Å²) in [6.07, 6.45) is 7.50. The summed E-state index contributed by atoms with van der Waals surface area (Å²) < 4.78 is 6.77. The lowest BCUT2D eigenvalue weighted by molar-refractivity contribution is 0.181. The van der Waals surface area contributed by atoms with Crippen LogP contribution < -0.4 is 10.2 Å². The number of nitrogens with zero attached hydrogens (tertiary/aromatic N) is 6. The van der Waals surface area contributed by atoms with Gasteiger partial charge in [-0.3, -0.25) is 4.90 Å². The van der Waals surface area contributed by atoms with E-state index in [2.05, 4.69) is 32.3 Å². The molecule has 3 aromatic rings. The van der Waals surface area contributed by atoms with Gasteiger partial charge in [-0.1, -0.05) is 37.5 Å². The first-order valence-corrected chi connectivity index (χ1v) is 9.95. The van der Waals surface area contributed by atoms with Gasteiger partial charge in [-0.05, 0) is 12.5 Å². The smallest absolute Gasteiger partial charge is 0.415 e. The largest absolute Gasteiger partial charge is 0.447 e. The zero-order chi connectivity index (χ0) is 18.6. The van der Waals surface area contributed by atoms with Gasteiger partial charge in [0.2, 0.25) is 10.9 Å². The minimum atomic E-state index is -0.375. The monoisotopic (exact) mass is 387 g/mol. The maximum absolute atomic E-state index is 11.8. The lowest BCUT2D eigenvalue weighted by Gasteiger charge is -2.18. The molecule has 0 radical (unpaired) electrons. The number of hydrogen-bond donors (Lipinski definition) is 1. The summed E-state index contributed by atoms with van der Waals surface area (Å²) in [6.45, 7) is 3.06. The van der Waals surface area contributed by atoms with E-state index in [1.165, 1.54) is 16.2 Å². The zero-order valence-electron chi connectivity index (χ0n) is 15.0. The van der Waals surface area contributed by atoms with Crippen LogP contribution in [-0.4, -0.2) is 43.8 Å². The Morgan fingerprint density at radius 2 is 2.30 bits per heavy atom. The summed E-state index contributed by atoms with van der Waals surface area (Å²) in [5.41, 5.74) is 2.69. The van der Waals surface area contributed by atoms with Crippen molar-refractivity contribution in [3.63, 3.8) is 0 Å². The third-order valence-electron chi connectivity index (χ3n) is 4.44. The highest BCUT2D eigenvalue weighted by molar-refractivity contribution is 7.14. The standard InChI is InChI=1S/C17H21N7O2S/c1-2-3-4-5-12(13-10-24-16(21-13)27-11-19-24)20-15-18-7-6-14(22-15)23-8-9-26-17(23)25/h6-7,10-12H,2-5,8-9H2,1H3,(H,18,20,22). The molecular weight excluding hydrogens is 366 g/mol. The number of hydrogen-bond acceptors (Lipinski definition) is 8. The van der Waals surface area contributed by atoms with Gasteiger partial charge in [0.05, 0.1) is 24.5 Å². The fourth-order valence-corrected chi connectivity index (χ4v) is 3.65. The Kier molecular flexibility index (Phi) is 5.14. The first kappa shape index (κ1) is 17.7. The highest BCUT2D eigenvalue weighted by Gasteiger charge is 2.25. The quantitative estimate of drug-likeness (QED) is 0.592. The van der Waals surface area contributed by atoms with E-state index in [1.807, 2.05) is 6.20 Å². The molecule has 0 aromatic carbocycles. The van der Waals surface area contributed by atoms with Crippen molar-refractivity contribution in [2.24, 2.45) is 0 Å². The van der Waals surface area contributed by atoms with Gasteiger partial charge in [0.25, 0.3) is 0 Å². The molecule has 1 fully saturated rings. The molecule has 0 aliphatic carbocycles. The van der Waals surface area contributed by atoms with E-state index >= 15 is 0 Å². The second-order valence-corrected chi connectivity index (χ2v) is 7.14.